The third-order valence-electron chi connectivity index (χ3n) is 3.00. The summed E-state index contributed by atoms with van der Waals surface area (Å²) in [4.78, 5) is 16.8. The molecule has 0 bridgehead atoms. The van der Waals surface area contributed by atoms with Crippen LogP contribution in [-0.4, -0.2) is 28.4 Å². The first kappa shape index (κ1) is 11.8. The van der Waals surface area contributed by atoms with Gasteiger partial charge in [0.15, 0.2) is 0 Å². The maximum atomic E-state index is 12.2. The molecular formula is C12H13N3OS2. The van der Waals surface area contributed by atoms with Crippen molar-refractivity contribution in [2.45, 2.75) is 12.5 Å². The van der Waals surface area contributed by atoms with Crippen LogP contribution >= 0.6 is 23.1 Å². The van der Waals surface area contributed by atoms with Crippen molar-refractivity contribution in [2.24, 2.45) is 0 Å². The summed E-state index contributed by atoms with van der Waals surface area (Å²) in [6, 6.07) is 2.13. The number of anilines is 1. The first-order valence-corrected chi connectivity index (χ1v) is 7.73. The number of nitrogen functional groups attached to an aromatic ring is 1. The fourth-order valence-electron chi connectivity index (χ4n) is 2.04. The lowest BCUT2D eigenvalue weighted by Crippen LogP contribution is -2.34. The highest BCUT2D eigenvalue weighted by atomic mass is 32.2. The number of carbonyl (C=O) groups is 1. The molecule has 1 unspecified atom stereocenters. The Balaban J connectivity index is 1.88. The van der Waals surface area contributed by atoms with Crippen LogP contribution in [0.4, 0.5) is 5.69 Å². The summed E-state index contributed by atoms with van der Waals surface area (Å²) < 4.78 is 0.959. The fourth-order valence-corrected chi connectivity index (χ4v) is 4.18. The van der Waals surface area contributed by atoms with E-state index in [0.717, 1.165) is 28.0 Å². The third kappa shape index (κ3) is 2.06. The van der Waals surface area contributed by atoms with Gasteiger partial charge in [0, 0.05) is 29.6 Å². The lowest BCUT2D eigenvalue weighted by molar-refractivity contribution is 0.0946. The van der Waals surface area contributed by atoms with Gasteiger partial charge in [0.05, 0.1) is 10.4 Å². The summed E-state index contributed by atoms with van der Waals surface area (Å²) in [5.74, 6) is 2.07. The number of rotatable bonds is 2. The minimum Gasteiger partial charge on any atom is -0.397 e. The van der Waals surface area contributed by atoms with Gasteiger partial charge in [-0.25, -0.2) is 0 Å². The SMILES string of the molecule is Nc1c(C(=O)NC2CCSC2)sc2cnccc12. The first-order chi connectivity index (χ1) is 8.75. The quantitative estimate of drug-likeness (QED) is 0.883. The van der Waals surface area contributed by atoms with Gasteiger partial charge in [-0.15, -0.1) is 11.3 Å². The molecule has 1 amide bonds. The Morgan fingerprint density at radius 2 is 2.44 bits per heavy atom. The van der Waals surface area contributed by atoms with Crippen LogP contribution in [-0.2, 0) is 0 Å². The molecule has 1 atom stereocenters. The second kappa shape index (κ2) is 4.78. The molecule has 4 nitrogen and oxygen atoms in total. The minimum absolute atomic E-state index is 0.0544. The van der Waals surface area contributed by atoms with Gasteiger partial charge in [0.25, 0.3) is 5.91 Å². The smallest absolute Gasteiger partial charge is 0.263 e. The number of nitrogens with one attached hydrogen (secondary N) is 1. The van der Waals surface area contributed by atoms with Gasteiger partial charge < -0.3 is 11.1 Å². The van der Waals surface area contributed by atoms with Crippen molar-refractivity contribution < 1.29 is 4.79 Å². The summed E-state index contributed by atoms with van der Waals surface area (Å²) in [5, 5.41) is 3.96. The van der Waals surface area contributed by atoms with E-state index in [9.17, 15) is 4.79 Å². The van der Waals surface area contributed by atoms with Gasteiger partial charge in [-0.05, 0) is 18.2 Å². The number of pyridine rings is 1. The molecule has 0 saturated carbocycles. The molecule has 3 N–H and O–H groups in total. The Morgan fingerprint density at radius 1 is 1.56 bits per heavy atom. The number of hydrogen-bond donors (Lipinski definition) is 2. The zero-order valence-electron chi connectivity index (χ0n) is 9.68. The predicted molar refractivity (Wildman–Crippen MR) is 77.2 cm³/mol. The Bertz CT molecular complexity index is 590. The van der Waals surface area contributed by atoms with Crippen LogP contribution in [0.25, 0.3) is 10.1 Å². The van der Waals surface area contributed by atoms with Crippen LogP contribution in [0.1, 0.15) is 16.1 Å². The van der Waals surface area contributed by atoms with E-state index in [1.165, 1.54) is 11.3 Å². The molecule has 0 radical (unpaired) electrons. The molecule has 3 rings (SSSR count). The Kier molecular flexibility index (Phi) is 3.13. The molecular weight excluding hydrogens is 266 g/mol. The number of thioether (sulfide) groups is 1. The number of amides is 1. The van der Waals surface area contributed by atoms with Crippen molar-refractivity contribution >= 4 is 44.8 Å². The molecule has 6 heteroatoms. The maximum absolute atomic E-state index is 12.2. The lowest BCUT2D eigenvalue weighted by atomic mass is 10.2. The van der Waals surface area contributed by atoms with Crippen molar-refractivity contribution in [1.82, 2.24) is 10.3 Å². The molecule has 1 fully saturated rings. The van der Waals surface area contributed by atoms with Crippen LogP contribution in [0.2, 0.25) is 0 Å². The highest BCUT2D eigenvalue weighted by Gasteiger charge is 2.21. The van der Waals surface area contributed by atoms with E-state index in [4.69, 9.17) is 5.73 Å². The van der Waals surface area contributed by atoms with Gasteiger partial charge in [0.1, 0.15) is 4.88 Å². The number of fused-ring (bicyclic) bond motifs is 1. The highest BCUT2D eigenvalue weighted by Crippen LogP contribution is 2.33. The topological polar surface area (TPSA) is 68.0 Å². The van der Waals surface area contributed by atoms with Gasteiger partial charge in [-0.3, -0.25) is 9.78 Å². The van der Waals surface area contributed by atoms with Crippen molar-refractivity contribution in [3.05, 3.63) is 23.3 Å². The van der Waals surface area contributed by atoms with Gasteiger partial charge >= 0.3 is 0 Å². The van der Waals surface area contributed by atoms with Crippen molar-refractivity contribution in [3.63, 3.8) is 0 Å². The fraction of sp³-hybridized carbons (Fsp3) is 0.333. The average Bonchev–Trinajstić information content (AvgIpc) is 2.98. The van der Waals surface area contributed by atoms with Crippen LogP contribution in [0, 0.1) is 0 Å². The van der Waals surface area contributed by atoms with E-state index in [-0.39, 0.29) is 11.9 Å². The van der Waals surface area contributed by atoms with E-state index in [0.29, 0.717) is 10.6 Å². The summed E-state index contributed by atoms with van der Waals surface area (Å²) in [5.41, 5.74) is 6.60. The molecule has 0 aromatic carbocycles. The molecule has 1 aliphatic rings. The number of nitrogens with zero attached hydrogens (tertiary/aromatic N) is 1. The summed E-state index contributed by atoms with van der Waals surface area (Å²) in [7, 11) is 0. The van der Waals surface area contributed by atoms with Crippen LogP contribution in [0.3, 0.4) is 0 Å². The summed E-state index contributed by atoms with van der Waals surface area (Å²) in [6.45, 7) is 0. The summed E-state index contributed by atoms with van der Waals surface area (Å²) in [6.07, 6.45) is 4.49. The number of thiophene rings is 1. The highest BCUT2D eigenvalue weighted by molar-refractivity contribution is 7.99. The normalized spacial score (nSPS) is 19.2. The standard InChI is InChI=1S/C12H13N3OS2/c13-10-8-1-3-14-5-9(8)18-11(10)12(16)15-7-2-4-17-6-7/h1,3,5,7H,2,4,6,13H2,(H,15,16). The second-order valence-corrected chi connectivity index (χ2v) is 6.45. The largest absolute Gasteiger partial charge is 0.397 e. The monoisotopic (exact) mass is 279 g/mol. The number of hydrogen-bond acceptors (Lipinski definition) is 5. The van der Waals surface area contributed by atoms with E-state index in [1.54, 1.807) is 12.4 Å². The molecule has 3 heterocycles. The average molecular weight is 279 g/mol. The van der Waals surface area contributed by atoms with Gasteiger partial charge in [-0.2, -0.15) is 11.8 Å². The van der Waals surface area contributed by atoms with E-state index in [2.05, 4.69) is 10.3 Å². The predicted octanol–water partition coefficient (Wildman–Crippen LogP) is 2.11. The molecule has 0 spiro atoms. The Labute approximate surface area is 113 Å². The zero-order chi connectivity index (χ0) is 12.5. The van der Waals surface area contributed by atoms with Crippen molar-refractivity contribution in [1.29, 1.82) is 0 Å². The minimum atomic E-state index is -0.0544. The molecule has 1 saturated heterocycles. The van der Waals surface area contributed by atoms with Crippen LogP contribution < -0.4 is 11.1 Å². The lowest BCUT2D eigenvalue weighted by Gasteiger charge is -2.10. The van der Waals surface area contributed by atoms with E-state index < -0.39 is 0 Å². The molecule has 2 aromatic rings. The number of carbonyl (C=O) groups excluding carboxylic acids is 1. The van der Waals surface area contributed by atoms with E-state index in [1.807, 2.05) is 17.8 Å². The number of aromatic nitrogens is 1. The molecule has 2 aromatic heterocycles. The number of nitrogens with two attached hydrogens (primary N) is 1. The van der Waals surface area contributed by atoms with E-state index >= 15 is 0 Å². The molecule has 1 aliphatic heterocycles. The Hall–Kier alpha value is -1.27. The maximum Gasteiger partial charge on any atom is 0.263 e. The second-order valence-electron chi connectivity index (χ2n) is 4.25. The third-order valence-corrected chi connectivity index (χ3v) is 5.32. The first-order valence-electron chi connectivity index (χ1n) is 5.76. The Morgan fingerprint density at radius 3 is 3.17 bits per heavy atom. The molecule has 94 valence electrons. The molecule has 0 aliphatic carbocycles. The van der Waals surface area contributed by atoms with Crippen LogP contribution in [0.15, 0.2) is 18.5 Å². The molecule has 18 heavy (non-hydrogen) atoms. The van der Waals surface area contributed by atoms with Crippen molar-refractivity contribution in [2.75, 3.05) is 17.2 Å². The zero-order valence-corrected chi connectivity index (χ0v) is 11.3. The van der Waals surface area contributed by atoms with Crippen LogP contribution in [0.5, 0.6) is 0 Å². The van der Waals surface area contributed by atoms with Gasteiger partial charge in [0.2, 0.25) is 0 Å². The van der Waals surface area contributed by atoms with Gasteiger partial charge in [-0.1, -0.05) is 0 Å². The summed E-state index contributed by atoms with van der Waals surface area (Å²) >= 11 is 3.29. The van der Waals surface area contributed by atoms with Crippen molar-refractivity contribution in [3.8, 4) is 0 Å².